The van der Waals surface area contributed by atoms with E-state index in [1.165, 1.54) is 0 Å². The molecule has 0 aromatic rings. The number of thiol groups is 2. The number of carbonyl (C=O) groups excluding carboxylic acids is 1. The predicted octanol–water partition coefficient (Wildman–Crippen LogP) is 1.60. The Morgan fingerprint density at radius 2 is 1.40 bits per heavy atom. The molecule has 0 amide bonds. The van der Waals surface area contributed by atoms with E-state index in [1.54, 1.807) is 0 Å². The summed E-state index contributed by atoms with van der Waals surface area (Å²) in [6.45, 7) is 0. The quantitative estimate of drug-likeness (QED) is 0.453. The molecule has 0 aliphatic heterocycles. The summed E-state index contributed by atoms with van der Waals surface area (Å²) in [5.41, 5.74) is 0. The highest BCUT2D eigenvalue weighted by molar-refractivity contribution is 8.23. The maximum absolute atomic E-state index is 9.17. The average Bonchev–Trinajstić information content (AvgIpc) is 0.811. The molecule has 0 atom stereocenters. The molecule has 0 saturated heterocycles. The molecule has 0 unspecified atom stereocenters. The molecule has 0 radical (unpaired) electrons. The van der Waals surface area contributed by atoms with E-state index in [-0.39, 0.29) is 7.43 Å². The summed E-state index contributed by atoms with van der Waals surface area (Å²) in [4.78, 5) is 9.17. The van der Waals surface area contributed by atoms with Crippen LogP contribution in [0.4, 0.5) is 4.79 Å². The molecule has 0 fully saturated rings. The molecule has 0 aromatic carbocycles. The first-order chi connectivity index (χ1) is 1.73. The first-order valence-electron chi connectivity index (χ1n) is 0.651. The van der Waals surface area contributed by atoms with Gasteiger partial charge in [-0.2, -0.15) is 0 Å². The fraction of sp³-hybridized carbons (Fsp3) is 0.500. The fourth-order valence-corrected chi connectivity index (χ4v) is 0. The van der Waals surface area contributed by atoms with Crippen LogP contribution in [0, 0.1) is 0 Å². The van der Waals surface area contributed by atoms with Gasteiger partial charge < -0.3 is 0 Å². The van der Waals surface area contributed by atoms with Crippen molar-refractivity contribution < 1.29 is 4.79 Å². The van der Waals surface area contributed by atoms with Crippen LogP contribution in [0.5, 0.6) is 0 Å². The van der Waals surface area contributed by atoms with Gasteiger partial charge in [0, 0.05) is 0 Å². The third-order valence-electron chi connectivity index (χ3n) is 0. The predicted molar refractivity (Wildman–Crippen MR) is 30.1 cm³/mol. The molecule has 0 spiro atoms. The van der Waals surface area contributed by atoms with E-state index in [0.717, 1.165) is 0 Å². The summed E-state index contributed by atoms with van der Waals surface area (Å²) in [7, 11) is 0. The molecule has 5 heavy (non-hydrogen) atoms. The number of rotatable bonds is 0. The summed E-state index contributed by atoms with van der Waals surface area (Å²) >= 11 is 6.38. The zero-order chi connectivity index (χ0) is 3.58. The van der Waals surface area contributed by atoms with Gasteiger partial charge in [0.15, 0.2) is 0 Å². The Bertz CT molecular complexity index is 30.6. The first kappa shape index (κ1) is 9.03. The Morgan fingerprint density at radius 1 is 1.40 bits per heavy atom. The zero-order valence-electron chi connectivity index (χ0n) is 1.80. The maximum Gasteiger partial charge on any atom is 0.239 e. The average molecular weight is 110 g/mol. The highest BCUT2D eigenvalue weighted by atomic mass is 32.2. The zero-order valence-corrected chi connectivity index (χ0v) is 3.59. The van der Waals surface area contributed by atoms with E-state index >= 15 is 0 Å². The highest BCUT2D eigenvalue weighted by Crippen LogP contribution is 1.81. The van der Waals surface area contributed by atoms with Crippen molar-refractivity contribution >= 4 is 29.7 Å². The highest BCUT2D eigenvalue weighted by Gasteiger charge is 1.65. The molecule has 0 aliphatic carbocycles. The third kappa shape index (κ3) is 179. The Labute approximate surface area is 42.6 Å². The first-order valence-corrected chi connectivity index (χ1v) is 1.55. The van der Waals surface area contributed by atoms with Crippen molar-refractivity contribution in [2.75, 3.05) is 0 Å². The molecule has 0 aliphatic rings. The van der Waals surface area contributed by atoms with E-state index in [2.05, 4.69) is 25.3 Å². The maximum atomic E-state index is 9.17. The second-order valence-corrected chi connectivity index (χ2v) is 1.45. The number of hydrogen-bond donors (Lipinski definition) is 2. The minimum Gasteiger partial charge on any atom is -0.275 e. The van der Waals surface area contributed by atoms with Crippen molar-refractivity contribution in [1.29, 1.82) is 0 Å². The topological polar surface area (TPSA) is 17.1 Å². The van der Waals surface area contributed by atoms with Gasteiger partial charge in [0.2, 0.25) is 4.45 Å². The van der Waals surface area contributed by atoms with Crippen molar-refractivity contribution in [1.82, 2.24) is 0 Å². The van der Waals surface area contributed by atoms with Gasteiger partial charge in [-0.15, -0.1) is 0 Å². The Kier molecular flexibility index (Phi) is 7.89. The van der Waals surface area contributed by atoms with Crippen molar-refractivity contribution in [3.05, 3.63) is 0 Å². The van der Waals surface area contributed by atoms with Gasteiger partial charge in [0.25, 0.3) is 0 Å². The standard InChI is InChI=1S/CH2OS2.CH4/c2-1(3)4;/h(H2,2,3,4);1H4. The summed E-state index contributed by atoms with van der Waals surface area (Å²) < 4.78 is -0.444. The van der Waals surface area contributed by atoms with E-state index in [9.17, 15) is 4.79 Å². The van der Waals surface area contributed by atoms with Gasteiger partial charge in [0.05, 0.1) is 0 Å². The molecule has 0 N–H and O–H groups in total. The van der Waals surface area contributed by atoms with Crippen molar-refractivity contribution in [3.8, 4) is 0 Å². The van der Waals surface area contributed by atoms with Crippen LogP contribution < -0.4 is 0 Å². The smallest absolute Gasteiger partial charge is 0.239 e. The van der Waals surface area contributed by atoms with Crippen LogP contribution in [0.2, 0.25) is 0 Å². The van der Waals surface area contributed by atoms with E-state index in [1.807, 2.05) is 0 Å². The van der Waals surface area contributed by atoms with Gasteiger partial charge >= 0.3 is 0 Å². The van der Waals surface area contributed by atoms with E-state index < -0.39 is 4.45 Å². The monoisotopic (exact) mass is 110 g/mol. The summed E-state index contributed by atoms with van der Waals surface area (Å²) in [5, 5.41) is 0. The molecule has 3 heteroatoms. The fourth-order valence-electron chi connectivity index (χ4n) is 0. The van der Waals surface area contributed by atoms with Crippen LogP contribution in [0.1, 0.15) is 7.43 Å². The summed E-state index contributed by atoms with van der Waals surface area (Å²) in [6, 6.07) is 0. The molecule has 0 bridgehead atoms. The third-order valence-corrected chi connectivity index (χ3v) is 0. The Hall–Kier alpha value is 0.370. The second-order valence-electron chi connectivity index (χ2n) is 0.283. The lowest BCUT2D eigenvalue weighted by atomic mass is 11.8. The van der Waals surface area contributed by atoms with Crippen LogP contribution in [-0.4, -0.2) is 4.45 Å². The SMILES string of the molecule is C.O=C(S)S. The van der Waals surface area contributed by atoms with E-state index in [4.69, 9.17) is 0 Å². The Balaban J connectivity index is 0. The molecule has 0 aromatic heterocycles. The normalized spacial score (nSPS) is 5.20. The second kappa shape index (κ2) is 4.37. The molecule has 0 heterocycles. The van der Waals surface area contributed by atoms with Crippen molar-refractivity contribution in [2.45, 2.75) is 7.43 Å². The molecule has 32 valence electrons. The van der Waals surface area contributed by atoms with Crippen LogP contribution >= 0.6 is 25.3 Å². The van der Waals surface area contributed by atoms with Gasteiger partial charge in [-0.25, -0.2) is 0 Å². The van der Waals surface area contributed by atoms with Crippen LogP contribution in [0.25, 0.3) is 0 Å². The van der Waals surface area contributed by atoms with Gasteiger partial charge in [-0.3, -0.25) is 4.79 Å². The van der Waals surface area contributed by atoms with Crippen molar-refractivity contribution in [2.24, 2.45) is 0 Å². The Morgan fingerprint density at radius 3 is 1.40 bits per heavy atom. The minimum atomic E-state index is -0.444. The molecule has 0 saturated carbocycles. The lowest BCUT2D eigenvalue weighted by Crippen LogP contribution is -1.47. The molecular weight excluding hydrogens is 104 g/mol. The minimum absolute atomic E-state index is 0. The molecular formula is C2H6OS2. The van der Waals surface area contributed by atoms with Gasteiger partial charge in [-0.05, 0) is 0 Å². The molecule has 0 rings (SSSR count). The number of carbonyl (C=O) groups is 1. The van der Waals surface area contributed by atoms with Gasteiger partial charge in [0.1, 0.15) is 0 Å². The van der Waals surface area contributed by atoms with E-state index in [0.29, 0.717) is 0 Å². The van der Waals surface area contributed by atoms with Crippen LogP contribution in [-0.2, 0) is 0 Å². The summed E-state index contributed by atoms with van der Waals surface area (Å²) in [5.74, 6) is 0. The summed E-state index contributed by atoms with van der Waals surface area (Å²) in [6.07, 6.45) is 0. The van der Waals surface area contributed by atoms with Crippen LogP contribution in [0.15, 0.2) is 0 Å². The largest absolute Gasteiger partial charge is 0.275 e. The van der Waals surface area contributed by atoms with Crippen molar-refractivity contribution in [3.63, 3.8) is 0 Å². The van der Waals surface area contributed by atoms with Gasteiger partial charge in [-0.1, -0.05) is 32.7 Å². The number of hydrogen-bond acceptors (Lipinski definition) is 1. The molecule has 1 nitrogen and oxygen atoms in total. The lowest BCUT2D eigenvalue weighted by molar-refractivity contribution is 0.277. The lowest BCUT2D eigenvalue weighted by Gasteiger charge is -1.54. The van der Waals surface area contributed by atoms with Crippen LogP contribution in [0.3, 0.4) is 0 Å².